The van der Waals surface area contributed by atoms with Gasteiger partial charge in [-0.1, -0.05) is 0 Å². The minimum atomic E-state index is -0.548. The Hall–Kier alpha value is -1.30. The predicted molar refractivity (Wildman–Crippen MR) is 82.5 cm³/mol. The van der Waals surface area contributed by atoms with E-state index in [4.69, 9.17) is 9.47 Å². The predicted octanol–water partition coefficient (Wildman–Crippen LogP) is 1.93. The molecule has 0 bridgehead atoms. The maximum atomic E-state index is 12.4. The molecule has 6 heteroatoms. The molecular weight excluding hydrogens is 284 g/mol. The molecular formula is C16H28N2O4. The van der Waals surface area contributed by atoms with E-state index in [1.807, 2.05) is 27.7 Å². The lowest BCUT2D eigenvalue weighted by atomic mass is 10.0. The van der Waals surface area contributed by atoms with Gasteiger partial charge in [0.05, 0.1) is 12.1 Å². The number of likely N-dealkylation sites (tertiary alicyclic amines) is 1. The van der Waals surface area contributed by atoms with Crippen LogP contribution >= 0.6 is 0 Å². The first-order valence-electron chi connectivity index (χ1n) is 8.05. The van der Waals surface area contributed by atoms with Crippen LogP contribution in [-0.4, -0.2) is 54.3 Å². The van der Waals surface area contributed by atoms with Crippen molar-refractivity contribution in [2.45, 2.75) is 70.7 Å². The molecule has 1 saturated carbocycles. The van der Waals surface area contributed by atoms with Crippen molar-refractivity contribution in [2.24, 2.45) is 5.92 Å². The third-order valence-electron chi connectivity index (χ3n) is 4.17. The molecule has 2 fully saturated rings. The zero-order valence-electron chi connectivity index (χ0n) is 14.2. The topological polar surface area (TPSA) is 67.9 Å². The lowest BCUT2D eigenvalue weighted by Gasteiger charge is -2.40. The van der Waals surface area contributed by atoms with Crippen LogP contribution in [0.15, 0.2) is 0 Å². The van der Waals surface area contributed by atoms with Crippen molar-refractivity contribution in [2.75, 3.05) is 13.7 Å². The van der Waals surface area contributed by atoms with Gasteiger partial charge in [0.25, 0.3) is 0 Å². The summed E-state index contributed by atoms with van der Waals surface area (Å²) >= 11 is 0. The molecule has 0 aromatic carbocycles. The second-order valence-electron chi connectivity index (χ2n) is 7.31. The van der Waals surface area contributed by atoms with Gasteiger partial charge in [0.15, 0.2) is 0 Å². The number of carbonyl (C=O) groups is 2. The van der Waals surface area contributed by atoms with Crippen molar-refractivity contribution in [1.29, 1.82) is 0 Å². The molecule has 1 aliphatic heterocycles. The molecule has 126 valence electrons. The van der Waals surface area contributed by atoms with Gasteiger partial charge in [0.1, 0.15) is 11.6 Å². The third kappa shape index (κ3) is 4.12. The lowest BCUT2D eigenvalue weighted by Crippen LogP contribution is -2.61. The fourth-order valence-corrected chi connectivity index (χ4v) is 2.83. The quantitative estimate of drug-likeness (QED) is 0.842. The van der Waals surface area contributed by atoms with Gasteiger partial charge in [-0.2, -0.15) is 0 Å². The molecule has 2 amide bonds. The molecule has 0 unspecified atom stereocenters. The van der Waals surface area contributed by atoms with Crippen molar-refractivity contribution in [3.63, 3.8) is 0 Å². The number of amides is 2. The van der Waals surface area contributed by atoms with Gasteiger partial charge in [0.2, 0.25) is 5.91 Å². The van der Waals surface area contributed by atoms with E-state index >= 15 is 0 Å². The van der Waals surface area contributed by atoms with Gasteiger partial charge in [-0.15, -0.1) is 0 Å². The fourth-order valence-electron chi connectivity index (χ4n) is 2.83. The van der Waals surface area contributed by atoms with Crippen LogP contribution in [0.25, 0.3) is 0 Å². The Bertz CT molecular complexity index is 428. The Kier molecular flexibility index (Phi) is 5.00. The normalized spacial score (nSPS) is 24.2. The first-order chi connectivity index (χ1) is 10.2. The minimum absolute atomic E-state index is 0.0499. The molecule has 2 rings (SSSR count). The minimum Gasteiger partial charge on any atom is -0.444 e. The van der Waals surface area contributed by atoms with E-state index in [1.54, 1.807) is 7.11 Å². The zero-order chi connectivity index (χ0) is 16.5. The van der Waals surface area contributed by atoms with Crippen molar-refractivity contribution in [3.8, 4) is 0 Å². The van der Waals surface area contributed by atoms with Gasteiger partial charge < -0.3 is 14.8 Å². The Balaban J connectivity index is 1.85. The number of carbonyl (C=O) groups excluding carboxylic acids is 2. The molecule has 0 radical (unpaired) electrons. The smallest absolute Gasteiger partial charge is 0.410 e. The molecule has 0 aromatic rings. The molecule has 1 N–H and O–H groups in total. The summed E-state index contributed by atoms with van der Waals surface area (Å²) in [5, 5.41) is 2.99. The number of methoxy groups -OCH3 is 1. The second-order valence-corrected chi connectivity index (χ2v) is 7.31. The van der Waals surface area contributed by atoms with E-state index < -0.39 is 17.7 Å². The molecule has 1 saturated heterocycles. The van der Waals surface area contributed by atoms with Crippen molar-refractivity contribution in [3.05, 3.63) is 0 Å². The Morgan fingerprint density at radius 2 is 1.86 bits per heavy atom. The molecule has 2 aliphatic rings. The van der Waals surface area contributed by atoms with Crippen molar-refractivity contribution in [1.82, 2.24) is 10.2 Å². The number of hydrogen-bond donors (Lipinski definition) is 1. The van der Waals surface area contributed by atoms with Crippen LogP contribution in [0.3, 0.4) is 0 Å². The van der Waals surface area contributed by atoms with Gasteiger partial charge in [-0.3, -0.25) is 9.69 Å². The third-order valence-corrected chi connectivity index (χ3v) is 4.17. The number of nitrogens with one attached hydrogen (secondary N) is 1. The highest BCUT2D eigenvalue weighted by atomic mass is 16.6. The Morgan fingerprint density at radius 1 is 1.23 bits per heavy atom. The van der Waals surface area contributed by atoms with Crippen LogP contribution in [0, 0.1) is 5.92 Å². The van der Waals surface area contributed by atoms with E-state index in [-0.39, 0.29) is 18.1 Å². The van der Waals surface area contributed by atoms with Crippen molar-refractivity contribution < 1.29 is 19.1 Å². The van der Waals surface area contributed by atoms with Crippen LogP contribution in [0.2, 0.25) is 0 Å². The molecule has 6 nitrogen and oxygen atoms in total. The summed E-state index contributed by atoms with van der Waals surface area (Å²) in [6.07, 6.45) is 2.63. The van der Waals surface area contributed by atoms with Crippen LogP contribution < -0.4 is 5.32 Å². The summed E-state index contributed by atoms with van der Waals surface area (Å²) in [5.41, 5.74) is -0.548. The van der Waals surface area contributed by atoms with Crippen LogP contribution in [-0.2, 0) is 14.3 Å². The Morgan fingerprint density at radius 3 is 2.27 bits per heavy atom. The van der Waals surface area contributed by atoms with E-state index in [2.05, 4.69) is 5.32 Å². The first kappa shape index (κ1) is 17.1. The summed E-state index contributed by atoms with van der Waals surface area (Å²) in [4.78, 5) is 25.9. The highest BCUT2D eigenvalue weighted by molar-refractivity contribution is 5.87. The highest BCUT2D eigenvalue weighted by Gasteiger charge is 2.42. The van der Waals surface area contributed by atoms with Gasteiger partial charge in [-0.25, -0.2) is 4.79 Å². The standard InChI is InChI=1S/C16H28N2O4/c1-10(13(21-5)11-6-7-11)17-14(19)12-8-9-18(12)15(20)22-16(2,3)4/h10-13H,6-9H2,1-5H3,(H,17,19)/t10-,12+,13+/m0/s1. The van der Waals surface area contributed by atoms with Crippen LogP contribution in [0.4, 0.5) is 4.79 Å². The number of ether oxygens (including phenoxy) is 2. The largest absolute Gasteiger partial charge is 0.444 e. The SMILES string of the molecule is CO[C@@H](C1CC1)[C@H](C)NC(=O)[C@H]1CCN1C(=O)OC(C)(C)C. The number of nitrogens with zero attached hydrogens (tertiary/aromatic N) is 1. The molecule has 0 spiro atoms. The molecule has 3 atom stereocenters. The average molecular weight is 312 g/mol. The molecule has 1 heterocycles. The van der Waals surface area contributed by atoms with Gasteiger partial charge in [0, 0.05) is 13.7 Å². The van der Waals surface area contributed by atoms with Crippen LogP contribution in [0.1, 0.15) is 47.0 Å². The maximum Gasteiger partial charge on any atom is 0.410 e. The van der Waals surface area contributed by atoms with Crippen molar-refractivity contribution >= 4 is 12.0 Å². The summed E-state index contributed by atoms with van der Waals surface area (Å²) in [5.74, 6) is 0.427. The summed E-state index contributed by atoms with van der Waals surface area (Å²) in [6, 6.07) is -0.472. The molecule has 22 heavy (non-hydrogen) atoms. The molecule has 0 aromatic heterocycles. The second kappa shape index (κ2) is 6.44. The van der Waals surface area contributed by atoms with E-state index in [1.165, 1.54) is 4.90 Å². The molecule has 1 aliphatic carbocycles. The monoisotopic (exact) mass is 312 g/mol. The van der Waals surface area contributed by atoms with Gasteiger partial charge in [-0.05, 0) is 52.9 Å². The fraction of sp³-hybridized carbons (Fsp3) is 0.875. The number of hydrogen-bond acceptors (Lipinski definition) is 4. The average Bonchev–Trinajstić information content (AvgIpc) is 3.09. The number of rotatable bonds is 5. The van der Waals surface area contributed by atoms with E-state index in [0.717, 1.165) is 12.8 Å². The highest BCUT2D eigenvalue weighted by Crippen LogP contribution is 2.35. The summed E-state index contributed by atoms with van der Waals surface area (Å²) < 4.78 is 10.8. The van der Waals surface area contributed by atoms with E-state index in [0.29, 0.717) is 18.9 Å². The first-order valence-corrected chi connectivity index (χ1v) is 8.05. The van der Waals surface area contributed by atoms with Gasteiger partial charge >= 0.3 is 6.09 Å². The summed E-state index contributed by atoms with van der Waals surface area (Å²) in [7, 11) is 1.68. The summed E-state index contributed by atoms with van der Waals surface area (Å²) in [6.45, 7) is 7.99. The van der Waals surface area contributed by atoms with E-state index in [9.17, 15) is 9.59 Å². The maximum absolute atomic E-state index is 12.4. The van der Waals surface area contributed by atoms with Crippen LogP contribution in [0.5, 0.6) is 0 Å². The Labute approximate surface area is 132 Å². The zero-order valence-corrected chi connectivity index (χ0v) is 14.2. The lowest BCUT2D eigenvalue weighted by molar-refractivity contribution is -0.132.